The van der Waals surface area contributed by atoms with Gasteiger partial charge < -0.3 is 4.74 Å². The molecule has 0 fully saturated rings. The predicted molar refractivity (Wildman–Crippen MR) is 57.3 cm³/mol. The van der Waals surface area contributed by atoms with Crippen LogP contribution < -0.4 is 0 Å². The minimum absolute atomic E-state index is 0.229. The molecule has 0 spiro atoms. The van der Waals surface area contributed by atoms with Crippen LogP contribution in [0.2, 0.25) is 5.02 Å². The number of hydrogen-bond acceptors (Lipinski definition) is 2. The number of alkyl halides is 3. The van der Waals surface area contributed by atoms with E-state index in [2.05, 4.69) is 4.74 Å². The molecule has 0 aliphatic heterocycles. The molecule has 0 saturated carbocycles. The van der Waals surface area contributed by atoms with Crippen molar-refractivity contribution in [1.29, 1.82) is 0 Å². The SMILES string of the molecule is CC(OCC(F)(F)F)C(=O)c1cccc(Cl)c1. The van der Waals surface area contributed by atoms with E-state index in [0.717, 1.165) is 0 Å². The molecule has 17 heavy (non-hydrogen) atoms. The Kier molecular flexibility index (Phi) is 4.54. The van der Waals surface area contributed by atoms with Crippen molar-refractivity contribution in [3.63, 3.8) is 0 Å². The van der Waals surface area contributed by atoms with Gasteiger partial charge in [-0.25, -0.2) is 0 Å². The summed E-state index contributed by atoms with van der Waals surface area (Å²) in [4.78, 5) is 11.7. The molecule has 1 rings (SSSR count). The first kappa shape index (κ1) is 14.0. The average Bonchev–Trinajstić information content (AvgIpc) is 2.24. The molecule has 2 nitrogen and oxygen atoms in total. The second-order valence-electron chi connectivity index (χ2n) is 3.44. The lowest BCUT2D eigenvalue weighted by molar-refractivity contribution is -0.179. The molecule has 1 aromatic rings. The Hall–Kier alpha value is -1.07. The van der Waals surface area contributed by atoms with E-state index < -0.39 is 24.7 Å². The molecule has 0 aliphatic rings. The fourth-order valence-corrected chi connectivity index (χ4v) is 1.36. The number of ether oxygens (including phenoxy) is 1. The fraction of sp³-hybridized carbons (Fsp3) is 0.364. The number of rotatable bonds is 4. The van der Waals surface area contributed by atoms with Gasteiger partial charge in [-0.05, 0) is 19.1 Å². The van der Waals surface area contributed by atoms with Crippen LogP contribution in [0.15, 0.2) is 24.3 Å². The summed E-state index contributed by atoms with van der Waals surface area (Å²) in [7, 11) is 0. The van der Waals surface area contributed by atoms with Crippen molar-refractivity contribution >= 4 is 17.4 Å². The van der Waals surface area contributed by atoms with Crippen LogP contribution in [0.25, 0.3) is 0 Å². The highest BCUT2D eigenvalue weighted by Gasteiger charge is 2.30. The number of carbonyl (C=O) groups is 1. The minimum Gasteiger partial charge on any atom is -0.361 e. The molecule has 0 aliphatic carbocycles. The summed E-state index contributed by atoms with van der Waals surface area (Å²) in [6, 6.07) is 5.98. The number of hydrogen-bond donors (Lipinski definition) is 0. The fourth-order valence-electron chi connectivity index (χ4n) is 1.17. The first-order valence-corrected chi connectivity index (χ1v) is 5.15. The number of halogens is 4. The molecule has 0 aromatic heterocycles. The van der Waals surface area contributed by atoms with Crippen molar-refractivity contribution in [1.82, 2.24) is 0 Å². The van der Waals surface area contributed by atoms with Crippen LogP contribution in [-0.4, -0.2) is 24.7 Å². The highest BCUT2D eigenvalue weighted by atomic mass is 35.5. The molecule has 0 radical (unpaired) electrons. The molecular weight excluding hydrogens is 257 g/mol. The van der Waals surface area contributed by atoms with Crippen LogP contribution in [0.1, 0.15) is 17.3 Å². The lowest BCUT2D eigenvalue weighted by Gasteiger charge is -2.13. The molecular formula is C11H10ClF3O2. The first-order chi connectivity index (χ1) is 7.79. The summed E-state index contributed by atoms with van der Waals surface area (Å²) in [5, 5.41) is 0.346. The summed E-state index contributed by atoms with van der Waals surface area (Å²) in [6.45, 7) is -0.171. The average molecular weight is 267 g/mol. The van der Waals surface area contributed by atoms with Gasteiger partial charge in [0.25, 0.3) is 0 Å². The summed E-state index contributed by atoms with van der Waals surface area (Å²) >= 11 is 5.67. The second-order valence-corrected chi connectivity index (χ2v) is 3.88. The third-order valence-corrected chi connectivity index (χ3v) is 2.21. The van der Waals surface area contributed by atoms with E-state index in [4.69, 9.17) is 11.6 Å². The van der Waals surface area contributed by atoms with E-state index >= 15 is 0 Å². The van der Waals surface area contributed by atoms with Crippen LogP contribution in [0.5, 0.6) is 0 Å². The van der Waals surface area contributed by atoms with Crippen molar-refractivity contribution in [3.8, 4) is 0 Å². The second kappa shape index (κ2) is 5.51. The van der Waals surface area contributed by atoms with Crippen molar-refractivity contribution in [2.75, 3.05) is 6.61 Å². The Bertz CT molecular complexity index is 404. The van der Waals surface area contributed by atoms with Gasteiger partial charge in [0.05, 0.1) is 0 Å². The molecule has 0 N–H and O–H groups in total. The monoisotopic (exact) mass is 266 g/mol. The van der Waals surface area contributed by atoms with Crippen LogP contribution >= 0.6 is 11.6 Å². The maximum absolute atomic E-state index is 11.9. The number of Topliss-reactive ketones (excluding diaryl/α,β-unsaturated/α-hetero) is 1. The van der Waals surface area contributed by atoms with E-state index in [-0.39, 0.29) is 5.56 Å². The van der Waals surface area contributed by atoms with E-state index in [9.17, 15) is 18.0 Å². The Balaban J connectivity index is 2.64. The van der Waals surface area contributed by atoms with Crippen molar-refractivity contribution in [2.24, 2.45) is 0 Å². The van der Waals surface area contributed by atoms with Crippen molar-refractivity contribution in [2.45, 2.75) is 19.2 Å². The zero-order chi connectivity index (χ0) is 13.1. The highest BCUT2D eigenvalue weighted by molar-refractivity contribution is 6.31. The standard InChI is InChI=1S/C11H10ClF3O2/c1-7(17-6-11(13,14)15)10(16)8-3-2-4-9(12)5-8/h2-5,7H,6H2,1H3. The predicted octanol–water partition coefficient (Wildman–Crippen LogP) is 3.49. The van der Waals surface area contributed by atoms with Gasteiger partial charge in [0, 0.05) is 10.6 Å². The van der Waals surface area contributed by atoms with Gasteiger partial charge in [-0.1, -0.05) is 23.7 Å². The van der Waals surface area contributed by atoms with Gasteiger partial charge >= 0.3 is 6.18 Å². The lowest BCUT2D eigenvalue weighted by atomic mass is 10.1. The molecule has 6 heteroatoms. The smallest absolute Gasteiger partial charge is 0.361 e. The summed E-state index contributed by atoms with van der Waals surface area (Å²) in [6.07, 6.45) is -5.60. The first-order valence-electron chi connectivity index (χ1n) is 4.78. The minimum atomic E-state index is -4.44. The topological polar surface area (TPSA) is 26.3 Å². The Morgan fingerprint density at radius 1 is 1.47 bits per heavy atom. The maximum atomic E-state index is 11.9. The third kappa shape index (κ3) is 4.75. The normalized spacial score (nSPS) is 13.5. The maximum Gasteiger partial charge on any atom is 0.411 e. The van der Waals surface area contributed by atoms with Gasteiger partial charge in [-0.15, -0.1) is 0 Å². The molecule has 94 valence electrons. The van der Waals surface area contributed by atoms with Crippen LogP contribution in [0.3, 0.4) is 0 Å². The molecule has 0 bridgehead atoms. The largest absolute Gasteiger partial charge is 0.411 e. The molecule has 1 atom stereocenters. The highest BCUT2D eigenvalue weighted by Crippen LogP contribution is 2.17. The Morgan fingerprint density at radius 2 is 2.12 bits per heavy atom. The van der Waals surface area contributed by atoms with Crippen LogP contribution in [0, 0.1) is 0 Å². The van der Waals surface area contributed by atoms with Gasteiger partial charge in [-0.3, -0.25) is 4.79 Å². The number of benzene rings is 1. The van der Waals surface area contributed by atoms with Crippen LogP contribution in [-0.2, 0) is 4.74 Å². The van der Waals surface area contributed by atoms with E-state index in [0.29, 0.717) is 5.02 Å². The van der Waals surface area contributed by atoms with E-state index in [1.165, 1.54) is 19.1 Å². The van der Waals surface area contributed by atoms with Crippen molar-refractivity contribution < 1.29 is 22.7 Å². The Morgan fingerprint density at radius 3 is 2.65 bits per heavy atom. The summed E-state index contributed by atoms with van der Waals surface area (Å²) in [5.41, 5.74) is 0.229. The molecule has 0 amide bonds. The van der Waals surface area contributed by atoms with Gasteiger partial charge in [0.2, 0.25) is 0 Å². The molecule has 1 unspecified atom stereocenters. The zero-order valence-electron chi connectivity index (χ0n) is 8.92. The Labute approximate surface area is 101 Å². The van der Waals surface area contributed by atoms with Gasteiger partial charge in [-0.2, -0.15) is 13.2 Å². The van der Waals surface area contributed by atoms with E-state index in [1.807, 2.05) is 0 Å². The zero-order valence-corrected chi connectivity index (χ0v) is 9.68. The molecule has 1 aromatic carbocycles. The van der Waals surface area contributed by atoms with Gasteiger partial charge in [0.15, 0.2) is 5.78 Å². The lowest BCUT2D eigenvalue weighted by Crippen LogP contribution is -2.27. The summed E-state index contributed by atoms with van der Waals surface area (Å²) < 4.78 is 40.1. The van der Waals surface area contributed by atoms with E-state index in [1.54, 1.807) is 12.1 Å². The quantitative estimate of drug-likeness (QED) is 0.780. The summed E-state index contributed by atoms with van der Waals surface area (Å²) in [5.74, 6) is -0.531. The molecule has 0 heterocycles. The number of carbonyl (C=O) groups excluding carboxylic acids is 1. The molecule has 0 saturated heterocycles. The van der Waals surface area contributed by atoms with Crippen LogP contribution in [0.4, 0.5) is 13.2 Å². The van der Waals surface area contributed by atoms with Gasteiger partial charge in [0.1, 0.15) is 12.7 Å². The third-order valence-electron chi connectivity index (χ3n) is 1.98. The van der Waals surface area contributed by atoms with Crippen molar-refractivity contribution in [3.05, 3.63) is 34.9 Å². The number of ketones is 1.